The van der Waals surface area contributed by atoms with Crippen LogP contribution in [0.2, 0.25) is 0 Å². The van der Waals surface area contributed by atoms with Crippen LogP contribution in [-0.4, -0.2) is 15.9 Å². The molecule has 2 N–H and O–H groups in total. The van der Waals surface area contributed by atoms with Crippen LogP contribution in [0.4, 0.5) is 0 Å². The lowest BCUT2D eigenvalue weighted by Crippen LogP contribution is -1.91. The van der Waals surface area contributed by atoms with Crippen LogP contribution in [0.1, 0.15) is 16.7 Å². The fraction of sp³-hybridized carbons (Fsp3) is 0.125. The molecule has 0 atom stereocenters. The molecule has 3 nitrogen and oxygen atoms in total. The summed E-state index contributed by atoms with van der Waals surface area (Å²) in [5.41, 5.74) is 3.89. The van der Waals surface area contributed by atoms with Gasteiger partial charge in [-0.1, -0.05) is 66.2 Å². The first-order valence-corrected chi connectivity index (χ1v) is 8.13. The number of hydrogen-bond acceptors (Lipinski definition) is 1. The maximum absolute atomic E-state index is 11.1. The molecule has 0 aliphatic carbocycles. The van der Waals surface area contributed by atoms with Gasteiger partial charge in [-0.3, -0.25) is 4.57 Å². The molecular formula is C16H17O3P. The van der Waals surface area contributed by atoms with Gasteiger partial charge in [-0.2, -0.15) is 0 Å². The van der Waals surface area contributed by atoms with E-state index in [2.05, 4.69) is 0 Å². The van der Waals surface area contributed by atoms with E-state index in [9.17, 15) is 4.57 Å². The average Bonchev–Trinajstić information content (AvgIpc) is 2.41. The summed E-state index contributed by atoms with van der Waals surface area (Å²) in [5.74, 6) is 0. The first kappa shape index (κ1) is 14.7. The Hall–Kier alpha value is -1.67. The zero-order chi connectivity index (χ0) is 14.6. The lowest BCUT2D eigenvalue weighted by atomic mass is 9.97. The van der Waals surface area contributed by atoms with E-state index in [1.807, 2.05) is 61.5 Å². The summed E-state index contributed by atoms with van der Waals surface area (Å²) in [5, 5.41) is 0. The van der Waals surface area contributed by atoms with Crippen molar-refractivity contribution in [3.05, 3.63) is 77.4 Å². The summed E-state index contributed by atoms with van der Waals surface area (Å²) in [7, 11) is -4.05. The van der Waals surface area contributed by atoms with E-state index in [0.29, 0.717) is 0 Å². The van der Waals surface area contributed by atoms with Gasteiger partial charge in [-0.05, 0) is 23.6 Å². The Morgan fingerprint density at radius 3 is 2.10 bits per heavy atom. The molecule has 104 valence electrons. The van der Waals surface area contributed by atoms with Crippen LogP contribution >= 0.6 is 7.60 Å². The van der Waals surface area contributed by atoms with Crippen LogP contribution in [-0.2, 0) is 4.57 Å². The molecular weight excluding hydrogens is 271 g/mol. The van der Waals surface area contributed by atoms with Gasteiger partial charge in [0.2, 0.25) is 0 Å². The highest BCUT2D eigenvalue weighted by Gasteiger charge is 2.12. The van der Waals surface area contributed by atoms with Crippen molar-refractivity contribution >= 4 is 13.2 Å². The summed E-state index contributed by atoms with van der Waals surface area (Å²) in [6.07, 6.45) is 1.35. The van der Waals surface area contributed by atoms with Crippen molar-refractivity contribution in [3.63, 3.8) is 0 Å². The highest BCUT2D eigenvalue weighted by molar-refractivity contribution is 7.51. The Morgan fingerprint density at radius 2 is 1.55 bits per heavy atom. The Kier molecular flexibility index (Phi) is 4.56. The van der Waals surface area contributed by atoms with Gasteiger partial charge < -0.3 is 9.79 Å². The largest absolute Gasteiger partial charge is 0.329 e. The van der Waals surface area contributed by atoms with Crippen LogP contribution in [0.25, 0.3) is 5.57 Å². The fourth-order valence-corrected chi connectivity index (χ4v) is 2.38. The van der Waals surface area contributed by atoms with Crippen LogP contribution in [0, 0.1) is 6.92 Å². The number of allylic oxidation sites excluding steroid dienone is 1. The SMILES string of the molecule is Cc1ccc(C(=CCP(=O)(O)O)c2ccccc2)cc1. The fourth-order valence-electron chi connectivity index (χ4n) is 1.96. The van der Waals surface area contributed by atoms with E-state index >= 15 is 0 Å². The summed E-state index contributed by atoms with van der Waals surface area (Å²) in [6.45, 7) is 2.01. The van der Waals surface area contributed by atoms with E-state index in [0.717, 1.165) is 22.3 Å². The zero-order valence-electron chi connectivity index (χ0n) is 11.2. The molecule has 0 radical (unpaired) electrons. The normalized spacial score (nSPS) is 12.4. The van der Waals surface area contributed by atoms with Gasteiger partial charge in [0.15, 0.2) is 0 Å². The van der Waals surface area contributed by atoms with E-state index in [1.165, 1.54) is 0 Å². The molecule has 0 heterocycles. The summed E-state index contributed by atoms with van der Waals surface area (Å²) < 4.78 is 11.1. The predicted molar refractivity (Wildman–Crippen MR) is 81.6 cm³/mol. The second kappa shape index (κ2) is 6.19. The maximum Gasteiger partial charge on any atom is 0.329 e. The summed E-state index contributed by atoms with van der Waals surface area (Å²) in [4.78, 5) is 18.1. The van der Waals surface area contributed by atoms with Crippen molar-refractivity contribution in [2.45, 2.75) is 6.92 Å². The van der Waals surface area contributed by atoms with E-state index in [-0.39, 0.29) is 6.16 Å². The minimum Gasteiger partial charge on any atom is -0.324 e. The number of benzene rings is 2. The third kappa shape index (κ3) is 4.17. The van der Waals surface area contributed by atoms with Crippen molar-refractivity contribution < 1.29 is 14.4 Å². The Bertz CT molecular complexity index is 639. The monoisotopic (exact) mass is 288 g/mol. The zero-order valence-corrected chi connectivity index (χ0v) is 12.1. The van der Waals surface area contributed by atoms with Gasteiger partial charge in [0.05, 0.1) is 6.16 Å². The molecule has 0 unspecified atom stereocenters. The first-order chi connectivity index (χ1) is 9.46. The third-order valence-corrected chi connectivity index (χ3v) is 3.64. The number of aryl methyl sites for hydroxylation is 1. The molecule has 0 fully saturated rings. The number of hydrogen-bond donors (Lipinski definition) is 2. The van der Waals surface area contributed by atoms with Crippen molar-refractivity contribution in [3.8, 4) is 0 Å². The smallest absolute Gasteiger partial charge is 0.324 e. The maximum atomic E-state index is 11.1. The molecule has 4 heteroatoms. The predicted octanol–water partition coefficient (Wildman–Crippen LogP) is 3.60. The second-order valence-electron chi connectivity index (χ2n) is 4.70. The van der Waals surface area contributed by atoms with Crippen molar-refractivity contribution in [2.24, 2.45) is 0 Å². The molecule has 0 aliphatic heterocycles. The van der Waals surface area contributed by atoms with Gasteiger partial charge >= 0.3 is 7.60 Å². The Morgan fingerprint density at radius 1 is 1.00 bits per heavy atom. The molecule has 0 aromatic heterocycles. The van der Waals surface area contributed by atoms with Gasteiger partial charge in [0.1, 0.15) is 0 Å². The Balaban J connectivity index is 2.44. The van der Waals surface area contributed by atoms with Crippen LogP contribution in [0.5, 0.6) is 0 Å². The lowest BCUT2D eigenvalue weighted by Gasteiger charge is -2.10. The first-order valence-electron chi connectivity index (χ1n) is 6.33. The highest BCUT2D eigenvalue weighted by Crippen LogP contribution is 2.36. The molecule has 2 rings (SSSR count). The minimum absolute atomic E-state index is 0.259. The van der Waals surface area contributed by atoms with Crippen molar-refractivity contribution in [1.29, 1.82) is 0 Å². The van der Waals surface area contributed by atoms with E-state index in [1.54, 1.807) is 6.08 Å². The molecule has 0 saturated carbocycles. The second-order valence-corrected chi connectivity index (χ2v) is 6.39. The molecule has 0 aliphatic rings. The molecule has 0 bridgehead atoms. The molecule has 0 spiro atoms. The van der Waals surface area contributed by atoms with E-state index in [4.69, 9.17) is 9.79 Å². The molecule has 0 amide bonds. The quantitative estimate of drug-likeness (QED) is 0.845. The van der Waals surface area contributed by atoms with Crippen molar-refractivity contribution in [2.75, 3.05) is 6.16 Å². The minimum atomic E-state index is -4.05. The van der Waals surface area contributed by atoms with Gasteiger partial charge in [0, 0.05) is 0 Å². The Labute approximate surface area is 118 Å². The van der Waals surface area contributed by atoms with Gasteiger partial charge in [-0.25, -0.2) is 0 Å². The van der Waals surface area contributed by atoms with Gasteiger partial charge in [0.25, 0.3) is 0 Å². The average molecular weight is 288 g/mol. The molecule has 2 aromatic carbocycles. The molecule has 2 aromatic rings. The topological polar surface area (TPSA) is 57.5 Å². The summed E-state index contributed by atoms with van der Waals surface area (Å²) >= 11 is 0. The molecule has 20 heavy (non-hydrogen) atoms. The van der Waals surface area contributed by atoms with Crippen LogP contribution in [0.3, 0.4) is 0 Å². The lowest BCUT2D eigenvalue weighted by molar-refractivity contribution is 0.377. The van der Waals surface area contributed by atoms with Crippen LogP contribution < -0.4 is 0 Å². The standard InChI is InChI=1S/C16H17O3P/c1-13-7-9-15(10-8-13)16(11-12-20(17,18)19)14-5-3-2-4-6-14/h2-11H,12H2,1H3,(H2,17,18,19). The highest BCUT2D eigenvalue weighted by atomic mass is 31.2. The van der Waals surface area contributed by atoms with Crippen molar-refractivity contribution in [1.82, 2.24) is 0 Å². The molecule has 0 saturated heterocycles. The number of rotatable bonds is 4. The van der Waals surface area contributed by atoms with Crippen LogP contribution in [0.15, 0.2) is 60.7 Å². The third-order valence-electron chi connectivity index (χ3n) is 2.98. The van der Waals surface area contributed by atoms with Gasteiger partial charge in [-0.15, -0.1) is 0 Å². The summed E-state index contributed by atoms with van der Waals surface area (Å²) in [6, 6.07) is 17.5. The van der Waals surface area contributed by atoms with E-state index < -0.39 is 7.60 Å².